The molecule has 1 unspecified atom stereocenters. The van der Waals surface area contributed by atoms with Gasteiger partial charge in [-0.2, -0.15) is 0 Å². The second-order valence-electron chi connectivity index (χ2n) is 6.04. The van der Waals surface area contributed by atoms with E-state index in [4.69, 9.17) is 11.6 Å². The van der Waals surface area contributed by atoms with Gasteiger partial charge in [-0.3, -0.25) is 0 Å². The van der Waals surface area contributed by atoms with Gasteiger partial charge in [-0.25, -0.2) is 0 Å². The monoisotopic (exact) mass is 328 g/mol. The van der Waals surface area contributed by atoms with Crippen LogP contribution in [0.4, 0.5) is 0 Å². The third-order valence-corrected chi connectivity index (χ3v) is 6.43. The zero-order valence-corrected chi connectivity index (χ0v) is 13.9. The van der Waals surface area contributed by atoms with Crippen molar-refractivity contribution < 1.29 is 0 Å². The van der Waals surface area contributed by atoms with Crippen molar-refractivity contribution in [1.29, 1.82) is 0 Å². The molecule has 1 atom stereocenters. The highest BCUT2D eigenvalue weighted by molar-refractivity contribution is 9.09. The van der Waals surface area contributed by atoms with Gasteiger partial charge >= 0.3 is 0 Å². The summed E-state index contributed by atoms with van der Waals surface area (Å²) in [4.78, 5) is 0.446. The minimum Gasteiger partial charge on any atom is -0.0840 e. The summed E-state index contributed by atoms with van der Waals surface area (Å²) in [5.74, 6) is 0. The van der Waals surface area contributed by atoms with Gasteiger partial charge in [0.25, 0.3) is 0 Å². The molecule has 1 aliphatic carbocycles. The molecule has 0 saturated heterocycles. The Labute approximate surface area is 124 Å². The number of hydrogen-bond donors (Lipinski definition) is 0. The van der Waals surface area contributed by atoms with Gasteiger partial charge in [-0.1, -0.05) is 59.8 Å². The average molecular weight is 330 g/mol. The summed E-state index contributed by atoms with van der Waals surface area (Å²) in [6.07, 6.45) is 6.77. The lowest BCUT2D eigenvalue weighted by Gasteiger charge is -2.39. The number of alkyl halides is 1. The Morgan fingerprint density at radius 2 is 1.72 bits per heavy atom. The summed E-state index contributed by atoms with van der Waals surface area (Å²) in [5.41, 5.74) is 4.30. The highest BCUT2D eigenvalue weighted by atomic mass is 79.9. The fraction of sp³-hybridized carbons (Fsp3) is 0.625. The smallest absolute Gasteiger partial charge is 0.0451 e. The van der Waals surface area contributed by atoms with Crippen LogP contribution in [0.2, 0.25) is 5.02 Å². The first-order valence-corrected chi connectivity index (χ1v) is 8.14. The average Bonchev–Trinajstić information content (AvgIpc) is 2.34. The van der Waals surface area contributed by atoms with Gasteiger partial charge in [0.1, 0.15) is 0 Å². The van der Waals surface area contributed by atoms with E-state index in [1.54, 1.807) is 0 Å². The molecule has 1 fully saturated rings. The van der Waals surface area contributed by atoms with Gasteiger partial charge in [0, 0.05) is 9.85 Å². The molecule has 100 valence electrons. The van der Waals surface area contributed by atoms with Gasteiger partial charge in [0.15, 0.2) is 0 Å². The molecule has 2 heteroatoms. The summed E-state index contributed by atoms with van der Waals surface area (Å²) in [7, 11) is 0. The van der Waals surface area contributed by atoms with E-state index in [1.165, 1.54) is 48.8 Å². The fourth-order valence-corrected chi connectivity index (χ4v) is 4.23. The van der Waals surface area contributed by atoms with E-state index in [1.807, 2.05) is 0 Å². The first kappa shape index (κ1) is 14.4. The molecule has 18 heavy (non-hydrogen) atoms. The Morgan fingerprint density at radius 3 is 2.33 bits per heavy atom. The number of hydrogen-bond acceptors (Lipinski definition) is 0. The molecule has 0 aromatic heterocycles. The van der Waals surface area contributed by atoms with Crippen LogP contribution < -0.4 is 0 Å². The second-order valence-corrected chi connectivity index (χ2v) is 7.36. The zero-order chi connectivity index (χ0) is 13.3. The summed E-state index contributed by atoms with van der Waals surface area (Å²) in [6, 6.07) is 4.36. The van der Waals surface area contributed by atoms with Crippen molar-refractivity contribution in [2.45, 2.75) is 57.7 Å². The topological polar surface area (TPSA) is 0 Å². The van der Waals surface area contributed by atoms with Crippen LogP contribution in [0.3, 0.4) is 0 Å². The summed E-state index contributed by atoms with van der Waals surface area (Å²) < 4.78 is 0. The largest absolute Gasteiger partial charge is 0.0840 e. The lowest BCUT2D eigenvalue weighted by atomic mass is 9.71. The van der Waals surface area contributed by atoms with Gasteiger partial charge < -0.3 is 0 Å². The van der Waals surface area contributed by atoms with Crippen LogP contribution in [0.1, 0.15) is 60.5 Å². The standard InChI is InChI=1S/C16H22BrCl/c1-11-10-14(18)12(2)9-13(11)15(17)16(3)7-5-4-6-8-16/h9-10,15H,4-8H2,1-3H3. The van der Waals surface area contributed by atoms with Crippen molar-refractivity contribution in [1.82, 2.24) is 0 Å². The van der Waals surface area contributed by atoms with E-state index in [-0.39, 0.29) is 0 Å². The highest BCUT2D eigenvalue weighted by Gasteiger charge is 2.35. The van der Waals surface area contributed by atoms with E-state index in [0.717, 1.165) is 5.02 Å². The number of halogens is 2. The molecule has 0 N–H and O–H groups in total. The molecule has 0 heterocycles. The lowest BCUT2D eigenvalue weighted by molar-refractivity contribution is 0.212. The molecular formula is C16H22BrCl. The van der Waals surface area contributed by atoms with Crippen LogP contribution in [-0.2, 0) is 0 Å². The minimum atomic E-state index is 0.392. The Bertz CT molecular complexity index is 433. The van der Waals surface area contributed by atoms with Gasteiger partial charge in [0.05, 0.1) is 0 Å². The maximum Gasteiger partial charge on any atom is 0.0451 e. The number of benzene rings is 1. The molecule has 1 aromatic carbocycles. The normalized spacial score (nSPS) is 20.7. The molecule has 1 aliphatic rings. The molecule has 0 nitrogen and oxygen atoms in total. The van der Waals surface area contributed by atoms with E-state index in [9.17, 15) is 0 Å². The van der Waals surface area contributed by atoms with Gasteiger partial charge in [-0.15, -0.1) is 0 Å². The molecule has 1 saturated carbocycles. The van der Waals surface area contributed by atoms with Crippen molar-refractivity contribution in [3.05, 3.63) is 33.8 Å². The minimum absolute atomic E-state index is 0.392. The molecular weight excluding hydrogens is 308 g/mol. The third-order valence-electron chi connectivity index (χ3n) is 4.43. The van der Waals surface area contributed by atoms with Gasteiger partial charge in [0.2, 0.25) is 0 Å². The van der Waals surface area contributed by atoms with Crippen LogP contribution in [0.25, 0.3) is 0 Å². The lowest BCUT2D eigenvalue weighted by Crippen LogP contribution is -2.25. The quantitative estimate of drug-likeness (QED) is 0.553. The Morgan fingerprint density at radius 1 is 1.11 bits per heavy atom. The SMILES string of the molecule is Cc1cc(C(Br)C2(C)CCCCC2)c(C)cc1Cl. The van der Waals surface area contributed by atoms with E-state index >= 15 is 0 Å². The number of rotatable bonds is 2. The first-order chi connectivity index (χ1) is 8.44. The third kappa shape index (κ3) is 2.77. The van der Waals surface area contributed by atoms with E-state index < -0.39 is 0 Å². The Kier molecular flexibility index (Phi) is 4.44. The Hall–Kier alpha value is -0.0100. The van der Waals surface area contributed by atoms with Crippen molar-refractivity contribution in [2.75, 3.05) is 0 Å². The molecule has 0 aliphatic heterocycles. The summed E-state index contributed by atoms with van der Waals surface area (Å²) >= 11 is 10.2. The maximum atomic E-state index is 6.20. The predicted octanol–water partition coefficient (Wildman–Crippen LogP) is 6.36. The van der Waals surface area contributed by atoms with Gasteiger partial charge in [-0.05, 0) is 54.9 Å². The molecule has 0 bridgehead atoms. The van der Waals surface area contributed by atoms with Crippen LogP contribution >= 0.6 is 27.5 Å². The predicted molar refractivity (Wildman–Crippen MR) is 83.8 cm³/mol. The molecule has 0 amide bonds. The summed E-state index contributed by atoms with van der Waals surface area (Å²) in [6.45, 7) is 6.68. The van der Waals surface area contributed by atoms with E-state index in [2.05, 4.69) is 48.8 Å². The first-order valence-electron chi connectivity index (χ1n) is 6.85. The fourth-order valence-electron chi connectivity index (χ4n) is 3.06. The van der Waals surface area contributed by atoms with Crippen molar-refractivity contribution >= 4 is 27.5 Å². The summed E-state index contributed by atoms with van der Waals surface area (Å²) in [5, 5.41) is 0.879. The molecule has 2 rings (SSSR count). The maximum absolute atomic E-state index is 6.20. The second kappa shape index (κ2) is 5.54. The van der Waals surface area contributed by atoms with E-state index in [0.29, 0.717) is 10.2 Å². The zero-order valence-electron chi connectivity index (χ0n) is 11.5. The molecule has 1 aromatic rings. The van der Waals surface area contributed by atoms with Crippen LogP contribution in [-0.4, -0.2) is 0 Å². The van der Waals surface area contributed by atoms with Crippen LogP contribution in [0.5, 0.6) is 0 Å². The Balaban J connectivity index is 2.33. The van der Waals surface area contributed by atoms with Crippen molar-refractivity contribution in [3.63, 3.8) is 0 Å². The molecule has 0 radical (unpaired) electrons. The van der Waals surface area contributed by atoms with Crippen molar-refractivity contribution in [3.8, 4) is 0 Å². The van der Waals surface area contributed by atoms with Crippen molar-refractivity contribution in [2.24, 2.45) is 5.41 Å². The van der Waals surface area contributed by atoms with Crippen LogP contribution in [0.15, 0.2) is 12.1 Å². The van der Waals surface area contributed by atoms with Crippen LogP contribution in [0, 0.1) is 19.3 Å². The molecule has 0 spiro atoms. The highest BCUT2D eigenvalue weighted by Crippen LogP contribution is 2.51. The number of aryl methyl sites for hydroxylation is 2.